The molecule has 152 valence electrons. The minimum Gasteiger partial charge on any atom is -0.813 e. The molecule has 2 aliphatic carbocycles. The van der Waals surface area contributed by atoms with Crippen molar-refractivity contribution in [1.82, 2.24) is 0 Å². The molecule has 6 heteroatoms. The van der Waals surface area contributed by atoms with Gasteiger partial charge in [-0.1, -0.05) is 59.3 Å². The molecular weight excluding hydrogens is 594 g/mol. The van der Waals surface area contributed by atoms with E-state index >= 15 is 0 Å². The Bertz CT molecular complexity index is 1050. The van der Waals surface area contributed by atoms with Crippen molar-refractivity contribution in [2.45, 2.75) is 12.3 Å². The van der Waals surface area contributed by atoms with Gasteiger partial charge in [-0.05, 0) is 27.3 Å². The number of hydrogen-bond donors (Lipinski definition) is 0. The van der Waals surface area contributed by atoms with Crippen molar-refractivity contribution in [3.8, 4) is 11.1 Å². The van der Waals surface area contributed by atoms with E-state index in [4.69, 9.17) is 17.0 Å². The Morgan fingerprint density at radius 3 is 2.50 bits per heavy atom. The van der Waals surface area contributed by atoms with Crippen molar-refractivity contribution < 1.29 is 20.8 Å². The first-order valence-corrected chi connectivity index (χ1v) is 17.0. The summed E-state index contributed by atoms with van der Waals surface area (Å²) in [6.45, 7) is 0. The summed E-state index contributed by atoms with van der Waals surface area (Å²) >= 11 is 4.50. The molecule has 3 aliphatic rings. The van der Waals surface area contributed by atoms with Gasteiger partial charge in [-0.2, -0.15) is 54.1 Å². The van der Waals surface area contributed by atoms with E-state index in [1.807, 2.05) is 30.0 Å². The van der Waals surface area contributed by atoms with Gasteiger partial charge in [0, 0.05) is 5.92 Å². The average Bonchev–Trinajstić information content (AvgIpc) is 3.39. The van der Waals surface area contributed by atoms with Crippen LogP contribution in [0.15, 0.2) is 75.5 Å². The third-order valence-corrected chi connectivity index (χ3v) is 6.66. The molecule has 0 aromatic heterocycles. The van der Waals surface area contributed by atoms with Crippen LogP contribution in [0.5, 0.6) is 0 Å². The Labute approximate surface area is 216 Å². The predicted molar refractivity (Wildman–Crippen MR) is 135 cm³/mol. The Hall–Kier alpha value is -0.217. The van der Waals surface area contributed by atoms with Gasteiger partial charge in [0.05, 0.1) is 3.81 Å². The summed E-state index contributed by atoms with van der Waals surface area (Å²) in [5.74, 6) is 0.468. The number of rotatable bonds is 0. The molecule has 3 aromatic carbocycles. The summed E-state index contributed by atoms with van der Waals surface area (Å²) in [6, 6.07) is 27.6. The van der Waals surface area contributed by atoms with Crippen LogP contribution in [-0.2, 0) is 40.8 Å². The van der Waals surface area contributed by atoms with Crippen LogP contribution in [-0.4, -0.2) is 0 Å². The number of hydrogen-bond acceptors (Lipinski definition) is 2. The van der Waals surface area contributed by atoms with E-state index in [1.165, 1.54) is 42.1 Å². The van der Waals surface area contributed by atoms with Crippen LogP contribution >= 0.6 is 44.7 Å². The fraction of sp³-hybridized carbons (Fsp3) is 0.0833. The van der Waals surface area contributed by atoms with E-state index in [2.05, 4.69) is 82.7 Å². The summed E-state index contributed by atoms with van der Waals surface area (Å²) in [6.07, 6.45) is 5.55. The maximum Gasteiger partial charge on any atom is -0.0253 e. The molecule has 3 aromatic rings. The van der Waals surface area contributed by atoms with E-state index in [0.717, 1.165) is 6.42 Å². The number of thioether (sulfide) groups is 1. The summed E-state index contributed by atoms with van der Waals surface area (Å²) in [4.78, 5) is 1.42. The monoisotopic (exact) mass is 607 g/mol. The molecule has 0 bridgehead atoms. The first-order chi connectivity index (χ1) is 14.2. The van der Waals surface area contributed by atoms with Gasteiger partial charge in [-0.25, -0.2) is 0 Å². The number of allylic oxidation sites excluding steroid dienone is 2. The van der Waals surface area contributed by atoms with Crippen molar-refractivity contribution in [1.29, 1.82) is 0 Å². The molecule has 1 aliphatic heterocycles. The van der Waals surface area contributed by atoms with E-state index < -0.39 is 20.8 Å². The maximum atomic E-state index is 4.93. The minimum absolute atomic E-state index is 0. The van der Waals surface area contributed by atoms with Crippen molar-refractivity contribution >= 4 is 64.3 Å². The van der Waals surface area contributed by atoms with Crippen LogP contribution in [0.4, 0.5) is 0 Å². The molecule has 0 nitrogen and oxygen atoms in total. The van der Waals surface area contributed by atoms with Crippen LogP contribution in [0.2, 0.25) is 0 Å². The second-order valence-corrected chi connectivity index (χ2v) is 12.8. The number of thiol groups is 1. The summed E-state index contributed by atoms with van der Waals surface area (Å²) in [5, 5.41) is 0. The molecular formula is C24H16BrCl2S2Zr-3. The Balaban J connectivity index is 0.000000147. The molecule has 30 heavy (non-hydrogen) atoms. The summed E-state index contributed by atoms with van der Waals surface area (Å²) in [5.41, 5.74) is 8.15. The quantitative estimate of drug-likeness (QED) is 0.112. The molecule has 0 fully saturated rings. The van der Waals surface area contributed by atoms with Gasteiger partial charge in [0.2, 0.25) is 0 Å². The Kier molecular flexibility index (Phi) is 9.44. The molecule has 1 unspecified atom stereocenters. The Morgan fingerprint density at radius 1 is 0.967 bits per heavy atom. The van der Waals surface area contributed by atoms with Crippen LogP contribution in [0.25, 0.3) is 17.2 Å². The number of fused-ring (bicyclic) bond motifs is 6. The molecule has 0 spiro atoms. The number of benzene rings is 3. The topological polar surface area (TPSA) is 0 Å². The van der Waals surface area contributed by atoms with Gasteiger partial charge in [0.15, 0.2) is 0 Å². The fourth-order valence-corrected chi connectivity index (χ4v) is 5.53. The maximum absolute atomic E-state index is 4.93. The molecule has 6 rings (SSSR count). The van der Waals surface area contributed by atoms with E-state index in [1.54, 1.807) is 0 Å². The van der Waals surface area contributed by atoms with Crippen molar-refractivity contribution in [3.63, 3.8) is 0 Å². The first-order valence-electron chi connectivity index (χ1n) is 9.02. The largest absolute Gasteiger partial charge is 0.813 e. The third-order valence-electron chi connectivity index (χ3n) is 4.97. The van der Waals surface area contributed by atoms with Gasteiger partial charge in [-0.3, -0.25) is 0 Å². The van der Waals surface area contributed by atoms with Crippen LogP contribution < -0.4 is 0 Å². The van der Waals surface area contributed by atoms with E-state index in [0.29, 0.717) is 5.92 Å². The van der Waals surface area contributed by atoms with Crippen molar-refractivity contribution in [2.75, 3.05) is 0 Å². The van der Waals surface area contributed by atoms with Crippen molar-refractivity contribution in [2.24, 2.45) is 0 Å². The molecule has 0 amide bonds. The molecule has 1 atom stereocenters. The Morgan fingerprint density at radius 2 is 1.67 bits per heavy atom. The smallest absolute Gasteiger partial charge is 0.0253 e. The van der Waals surface area contributed by atoms with E-state index in [-0.39, 0.29) is 13.5 Å². The first kappa shape index (κ1) is 24.4. The van der Waals surface area contributed by atoms with Gasteiger partial charge in [0.25, 0.3) is 0 Å². The minimum atomic E-state index is -0.826. The zero-order valence-electron chi connectivity index (χ0n) is 15.7. The SMILES string of the molecule is BrC1=CC2C(=Cc3ccc[c-]c32)S1.[Cl][Zr][Cl].[SH-].[c-]1cccc2c1Cc1ccccc1-2. The average molecular weight is 611 g/mol. The molecule has 0 N–H and O–H groups in total. The standard InChI is InChI=1S/C13H9.C11H6BrS.2ClH.H2S.Zr/c1-3-7-12-10(5-1)9-11-6-2-4-8-13(11)12;12-11-6-9-8-4-2-1-3-7(8)5-10(9)13-11;;;;/h1-5,7-8H,9H2;1-3,5-6,9H;2*1H;1H2;/q2*-1;;;;+2/p-3. The molecule has 1 heterocycles. The van der Waals surface area contributed by atoms with Crippen LogP contribution in [0, 0.1) is 12.1 Å². The fourth-order valence-electron chi connectivity index (χ4n) is 3.78. The molecule has 0 saturated carbocycles. The van der Waals surface area contributed by atoms with Gasteiger partial charge in [-0.15, -0.1) is 16.7 Å². The summed E-state index contributed by atoms with van der Waals surface area (Å²) < 4.78 is 1.23. The van der Waals surface area contributed by atoms with Gasteiger partial charge >= 0.3 is 37.9 Å². The zero-order chi connectivity index (χ0) is 20.2. The second-order valence-electron chi connectivity index (χ2n) is 6.60. The molecule has 0 saturated heterocycles. The second kappa shape index (κ2) is 11.6. The molecule has 0 radical (unpaired) electrons. The zero-order valence-corrected chi connectivity index (χ0v) is 23.0. The van der Waals surface area contributed by atoms with Crippen LogP contribution in [0.1, 0.15) is 28.2 Å². The predicted octanol–water partition coefficient (Wildman–Crippen LogP) is 8.07. The van der Waals surface area contributed by atoms with Crippen molar-refractivity contribution in [3.05, 3.63) is 110 Å². The van der Waals surface area contributed by atoms with Gasteiger partial charge in [0.1, 0.15) is 0 Å². The number of halogens is 3. The third kappa shape index (κ3) is 5.39. The summed E-state index contributed by atoms with van der Waals surface area (Å²) in [7, 11) is 9.87. The van der Waals surface area contributed by atoms with Gasteiger partial charge < -0.3 is 13.5 Å². The normalized spacial score (nSPS) is 16.0. The van der Waals surface area contributed by atoms with Crippen LogP contribution in [0.3, 0.4) is 0 Å². The van der Waals surface area contributed by atoms with E-state index in [9.17, 15) is 0 Å².